The molecule has 20 heavy (non-hydrogen) atoms. The van der Waals surface area contributed by atoms with Crippen LogP contribution in [0.5, 0.6) is 0 Å². The first-order valence-corrected chi connectivity index (χ1v) is 6.03. The predicted molar refractivity (Wildman–Crippen MR) is 64.1 cm³/mol. The number of aromatic nitrogens is 2. The molecule has 1 aromatic heterocycles. The van der Waals surface area contributed by atoms with Gasteiger partial charge in [-0.25, -0.2) is 0 Å². The number of methoxy groups -OCH3 is 1. The number of amides is 1. The van der Waals surface area contributed by atoms with Crippen molar-refractivity contribution < 1.29 is 22.7 Å². The van der Waals surface area contributed by atoms with Crippen molar-refractivity contribution in [2.75, 3.05) is 19.0 Å². The second kappa shape index (κ2) is 5.80. The van der Waals surface area contributed by atoms with Crippen LogP contribution in [0.2, 0.25) is 0 Å². The largest absolute Gasteiger partial charge is 0.408 e. The van der Waals surface area contributed by atoms with E-state index in [1.54, 1.807) is 7.11 Å². The molecule has 112 valence electrons. The normalized spacial score (nSPS) is 23.0. The average molecular weight is 292 g/mol. The van der Waals surface area contributed by atoms with Crippen LogP contribution in [0.1, 0.15) is 6.42 Å². The van der Waals surface area contributed by atoms with E-state index in [0.29, 0.717) is 13.0 Å². The van der Waals surface area contributed by atoms with Gasteiger partial charge in [0.2, 0.25) is 5.91 Å². The van der Waals surface area contributed by atoms with Crippen molar-refractivity contribution in [2.45, 2.75) is 31.3 Å². The van der Waals surface area contributed by atoms with Crippen LogP contribution in [0.4, 0.5) is 18.9 Å². The molecule has 1 aromatic rings. The first-order valence-electron chi connectivity index (χ1n) is 6.03. The molecule has 0 saturated carbocycles. The Morgan fingerprint density at radius 2 is 2.40 bits per heavy atom. The van der Waals surface area contributed by atoms with Crippen LogP contribution in [0.15, 0.2) is 12.4 Å². The van der Waals surface area contributed by atoms with Crippen molar-refractivity contribution in [1.82, 2.24) is 15.1 Å². The van der Waals surface area contributed by atoms with E-state index < -0.39 is 18.8 Å². The lowest BCUT2D eigenvalue weighted by molar-refractivity contribution is -0.142. The van der Waals surface area contributed by atoms with Crippen LogP contribution in [-0.4, -0.2) is 47.7 Å². The number of carbonyl (C=O) groups excluding carboxylic acids is 1. The van der Waals surface area contributed by atoms with Crippen LogP contribution in [0, 0.1) is 0 Å². The molecule has 1 aliphatic heterocycles. The number of hydrogen-bond acceptors (Lipinski definition) is 4. The Morgan fingerprint density at radius 1 is 1.65 bits per heavy atom. The number of anilines is 1. The zero-order valence-corrected chi connectivity index (χ0v) is 10.8. The maximum atomic E-state index is 12.2. The number of nitrogens with zero attached hydrogens (tertiary/aromatic N) is 2. The summed E-state index contributed by atoms with van der Waals surface area (Å²) < 4.78 is 42.4. The third-order valence-corrected chi connectivity index (χ3v) is 2.98. The second-order valence-corrected chi connectivity index (χ2v) is 4.59. The molecule has 2 atom stereocenters. The lowest BCUT2D eigenvalue weighted by atomic mass is 10.2. The third-order valence-electron chi connectivity index (χ3n) is 2.98. The molecule has 0 unspecified atom stereocenters. The van der Waals surface area contributed by atoms with Crippen molar-refractivity contribution >= 4 is 11.6 Å². The number of hydrogen-bond donors (Lipinski definition) is 2. The first-order chi connectivity index (χ1) is 9.37. The summed E-state index contributed by atoms with van der Waals surface area (Å²) in [5.41, 5.74) is 0.238. The lowest BCUT2D eigenvalue weighted by Crippen LogP contribution is -2.35. The number of ether oxygens (including phenoxy) is 1. The molecule has 6 nitrogen and oxygen atoms in total. The number of halogens is 3. The van der Waals surface area contributed by atoms with Crippen molar-refractivity contribution in [2.24, 2.45) is 0 Å². The molecule has 1 amide bonds. The minimum atomic E-state index is -4.34. The highest BCUT2D eigenvalue weighted by Crippen LogP contribution is 2.18. The maximum absolute atomic E-state index is 12.2. The zero-order chi connectivity index (χ0) is 14.8. The Labute approximate surface area is 113 Å². The van der Waals surface area contributed by atoms with Gasteiger partial charge in [-0.05, 0) is 6.42 Å². The molecule has 1 fully saturated rings. The Morgan fingerprint density at radius 3 is 3.00 bits per heavy atom. The smallest absolute Gasteiger partial charge is 0.380 e. The highest BCUT2D eigenvalue weighted by molar-refractivity contribution is 5.94. The van der Waals surface area contributed by atoms with Crippen molar-refractivity contribution in [3.63, 3.8) is 0 Å². The zero-order valence-electron chi connectivity index (χ0n) is 10.8. The Hall–Kier alpha value is -1.61. The molecule has 2 heterocycles. The summed E-state index contributed by atoms with van der Waals surface area (Å²) in [5.74, 6) is -0.309. The summed E-state index contributed by atoms with van der Waals surface area (Å²) in [6, 6.07) is -0.411. The molecule has 0 bridgehead atoms. The van der Waals surface area contributed by atoms with Crippen molar-refractivity contribution in [3.05, 3.63) is 12.4 Å². The molecule has 0 aromatic carbocycles. The van der Waals surface area contributed by atoms with Crippen LogP contribution in [0.3, 0.4) is 0 Å². The summed E-state index contributed by atoms with van der Waals surface area (Å²) in [6.07, 6.45) is -1.51. The van der Waals surface area contributed by atoms with Crippen molar-refractivity contribution in [3.8, 4) is 0 Å². The molecule has 9 heteroatoms. The van der Waals surface area contributed by atoms with E-state index in [-0.39, 0.29) is 17.7 Å². The topological polar surface area (TPSA) is 68.2 Å². The van der Waals surface area contributed by atoms with Crippen LogP contribution in [0.25, 0.3) is 0 Å². The minimum absolute atomic E-state index is 0.0290. The van der Waals surface area contributed by atoms with Gasteiger partial charge in [0.25, 0.3) is 0 Å². The highest BCUT2D eigenvalue weighted by atomic mass is 19.4. The number of nitrogens with one attached hydrogen (secondary N) is 2. The molecule has 0 spiro atoms. The monoisotopic (exact) mass is 292 g/mol. The fraction of sp³-hybridized carbons (Fsp3) is 0.636. The van der Waals surface area contributed by atoms with Gasteiger partial charge in [-0.15, -0.1) is 0 Å². The van der Waals surface area contributed by atoms with Crippen molar-refractivity contribution in [1.29, 1.82) is 0 Å². The quantitative estimate of drug-likeness (QED) is 0.860. The van der Waals surface area contributed by atoms with Crippen LogP contribution in [-0.2, 0) is 16.1 Å². The Kier molecular flexibility index (Phi) is 4.29. The fourth-order valence-electron chi connectivity index (χ4n) is 2.01. The average Bonchev–Trinajstić information content (AvgIpc) is 2.96. The standard InChI is InChI=1S/C11H15F3N4O2/c1-20-8-2-9(15-4-8)10(19)17-7-3-16-18(5-7)6-11(12,13)14/h3,5,8-9,15H,2,4,6H2,1H3,(H,17,19)/t8-,9-/m0/s1. The molecule has 1 saturated heterocycles. The number of alkyl halides is 3. The molecule has 2 rings (SSSR count). The summed E-state index contributed by atoms with van der Waals surface area (Å²) in [4.78, 5) is 11.9. The third kappa shape index (κ3) is 3.94. The maximum Gasteiger partial charge on any atom is 0.408 e. The van der Waals surface area contributed by atoms with E-state index in [9.17, 15) is 18.0 Å². The molecule has 2 N–H and O–H groups in total. The molecule has 0 aliphatic carbocycles. The second-order valence-electron chi connectivity index (χ2n) is 4.59. The number of carbonyl (C=O) groups is 1. The van der Waals surface area contributed by atoms with E-state index in [1.165, 1.54) is 6.20 Å². The van der Waals surface area contributed by atoms with Gasteiger partial charge in [-0.2, -0.15) is 18.3 Å². The predicted octanol–water partition coefficient (Wildman–Crippen LogP) is 0.761. The molecular formula is C11H15F3N4O2. The Balaban J connectivity index is 1.89. The summed E-state index contributed by atoms with van der Waals surface area (Å²) in [6.45, 7) is -0.613. The van der Waals surface area contributed by atoms with Gasteiger partial charge in [-0.1, -0.05) is 0 Å². The van der Waals surface area contributed by atoms with Gasteiger partial charge < -0.3 is 15.4 Å². The van der Waals surface area contributed by atoms with E-state index in [2.05, 4.69) is 15.7 Å². The van der Waals surface area contributed by atoms with Gasteiger partial charge in [0.1, 0.15) is 6.54 Å². The number of rotatable bonds is 4. The molecule has 1 aliphatic rings. The molecular weight excluding hydrogens is 277 g/mol. The van der Waals surface area contributed by atoms with Crippen LogP contribution >= 0.6 is 0 Å². The molecule has 0 radical (unpaired) electrons. The first kappa shape index (κ1) is 14.8. The van der Waals surface area contributed by atoms with Crippen LogP contribution < -0.4 is 10.6 Å². The van der Waals surface area contributed by atoms with E-state index in [1.807, 2.05) is 0 Å². The highest BCUT2D eigenvalue weighted by Gasteiger charge is 2.30. The van der Waals surface area contributed by atoms with E-state index in [4.69, 9.17) is 4.74 Å². The lowest BCUT2D eigenvalue weighted by Gasteiger charge is -2.09. The van der Waals surface area contributed by atoms with Gasteiger partial charge in [0.15, 0.2) is 0 Å². The minimum Gasteiger partial charge on any atom is -0.380 e. The summed E-state index contributed by atoms with van der Waals surface area (Å²) in [5, 5.41) is 9.05. The van der Waals surface area contributed by atoms with Gasteiger partial charge >= 0.3 is 6.18 Å². The summed E-state index contributed by atoms with van der Waals surface area (Å²) >= 11 is 0. The summed E-state index contributed by atoms with van der Waals surface area (Å²) in [7, 11) is 1.56. The fourth-order valence-corrected chi connectivity index (χ4v) is 2.01. The Bertz CT molecular complexity index is 474. The van der Waals surface area contributed by atoms with Gasteiger partial charge in [0.05, 0.1) is 24.0 Å². The van der Waals surface area contributed by atoms with E-state index in [0.717, 1.165) is 10.9 Å². The van der Waals surface area contributed by atoms with Gasteiger partial charge in [0, 0.05) is 19.9 Å². The van der Waals surface area contributed by atoms with Gasteiger partial charge in [-0.3, -0.25) is 9.48 Å². The van der Waals surface area contributed by atoms with E-state index >= 15 is 0 Å². The SMILES string of the molecule is CO[C@@H]1CN[C@H](C(=O)Nc2cnn(CC(F)(F)F)c2)C1.